The molecule has 1 heterocycles. The molecule has 1 fully saturated rings. The SMILES string of the molecule is CCN1C(=O)/C(=C/c2ccc(OCc3ccccc3)c(OC)c2)SC1=NS(=O)(=O)c1ccc(C)cc1. The van der Waals surface area contributed by atoms with Crippen LogP contribution in [0.2, 0.25) is 0 Å². The van der Waals surface area contributed by atoms with Crippen molar-refractivity contribution in [2.45, 2.75) is 25.3 Å². The fraction of sp³-hybridized carbons (Fsp3) is 0.185. The number of amidine groups is 1. The molecule has 0 saturated carbocycles. The second-order valence-electron chi connectivity index (χ2n) is 8.01. The molecule has 1 aliphatic rings. The first kappa shape index (κ1) is 25.5. The Morgan fingerprint density at radius 1 is 1.00 bits per heavy atom. The molecule has 0 radical (unpaired) electrons. The summed E-state index contributed by atoms with van der Waals surface area (Å²) in [6, 6.07) is 21.6. The lowest BCUT2D eigenvalue weighted by molar-refractivity contribution is -0.122. The van der Waals surface area contributed by atoms with Gasteiger partial charge in [-0.1, -0.05) is 54.1 Å². The van der Waals surface area contributed by atoms with Crippen LogP contribution in [0.25, 0.3) is 6.08 Å². The molecule has 0 N–H and O–H groups in total. The average Bonchev–Trinajstić information content (AvgIpc) is 3.16. The van der Waals surface area contributed by atoms with Gasteiger partial charge in [0, 0.05) is 6.54 Å². The van der Waals surface area contributed by atoms with Crippen molar-refractivity contribution in [1.82, 2.24) is 4.90 Å². The maximum absolute atomic E-state index is 13.0. The third kappa shape index (κ3) is 5.80. The predicted molar refractivity (Wildman–Crippen MR) is 143 cm³/mol. The first-order valence-corrected chi connectivity index (χ1v) is 13.5. The van der Waals surface area contributed by atoms with Gasteiger partial charge in [-0.25, -0.2) is 0 Å². The fourth-order valence-electron chi connectivity index (χ4n) is 3.50. The Bertz CT molecular complexity index is 1420. The van der Waals surface area contributed by atoms with E-state index in [1.54, 1.807) is 44.4 Å². The van der Waals surface area contributed by atoms with Gasteiger partial charge in [0.15, 0.2) is 16.7 Å². The molecule has 3 aromatic rings. The number of sulfonamides is 1. The Balaban J connectivity index is 1.57. The van der Waals surface area contributed by atoms with E-state index in [1.165, 1.54) is 17.0 Å². The summed E-state index contributed by atoms with van der Waals surface area (Å²) in [5.74, 6) is 0.804. The van der Waals surface area contributed by atoms with Gasteiger partial charge < -0.3 is 9.47 Å². The van der Waals surface area contributed by atoms with Crippen molar-refractivity contribution < 1.29 is 22.7 Å². The smallest absolute Gasteiger partial charge is 0.284 e. The Morgan fingerprint density at radius 2 is 1.72 bits per heavy atom. The standard InChI is InChI=1S/C27H26N2O5S2/c1-4-29-26(30)25(35-27(29)28-36(31,32)22-13-10-19(2)11-14-22)17-21-12-15-23(24(16-21)33-3)34-18-20-8-6-5-7-9-20/h5-17H,4,18H2,1-3H3/b25-17-,28-27?. The van der Waals surface area contributed by atoms with Crippen LogP contribution in [0.3, 0.4) is 0 Å². The van der Waals surface area contributed by atoms with Crippen LogP contribution in [-0.4, -0.2) is 38.0 Å². The predicted octanol–water partition coefficient (Wildman–Crippen LogP) is 5.26. The van der Waals surface area contributed by atoms with Gasteiger partial charge in [-0.15, -0.1) is 4.40 Å². The maximum Gasteiger partial charge on any atom is 0.284 e. The first-order valence-electron chi connectivity index (χ1n) is 11.3. The summed E-state index contributed by atoms with van der Waals surface area (Å²) in [7, 11) is -2.41. The monoisotopic (exact) mass is 522 g/mol. The second-order valence-corrected chi connectivity index (χ2v) is 10.6. The lowest BCUT2D eigenvalue weighted by Gasteiger charge is -2.12. The molecule has 1 amide bonds. The van der Waals surface area contributed by atoms with Gasteiger partial charge in [-0.3, -0.25) is 9.69 Å². The van der Waals surface area contributed by atoms with Crippen LogP contribution >= 0.6 is 11.8 Å². The quantitative estimate of drug-likeness (QED) is 0.375. The van der Waals surface area contributed by atoms with Crippen LogP contribution in [0.5, 0.6) is 11.5 Å². The molecule has 4 rings (SSSR count). The third-order valence-corrected chi connectivity index (χ3v) is 7.85. The fourth-order valence-corrected chi connectivity index (χ4v) is 5.75. The second kappa shape index (κ2) is 11.0. The summed E-state index contributed by atoms with van der Waals surface area (Å²) in [4.78, 5) is 14.8. The Hall–Kier alpha value is -3.56. The molecule has 0 aliphatic carbocycles. The summed E-state index contributed by atoms with van der Waals surface area (Å²) in [5, 5.41) is 0.129. The molecule has 0 unspecified atom stereocenters. The number of likely N-dealkylation sites (N-methyl/N-ethyl adjacent to an activating group) is 1. The van der Waals surface area contributed by atoms with E-state index in [-0.39, 0.29) is 16.0 Å². The minimum absolute atomic E-state index is 0.0814. The van der Waals surface area contributed by atoms with Gasteiger partial charge in [-0.05, 0) is 67.1 Å². The molecule has 0 atom stereocenters. The Labute approximate surface area is 215 Å². The van der Waals surface area contributed by atoms with Crippen LogP contribution < -0.4 is 9.47 Å². The van der Waals surface area contributed by atoms with Crippen molar-refractivity contribution in [3.63, 3.8) is 0 Å². The lowest BCUT2D eigenvalue weighted by Crippen LogP contribution is -2.29. The first-order chi connectivity index (χ1) is 17.3. The highest BCUT2D eigenvalue weighted by Gasteiger charge is 2.34. The maximum atomic E-state index is 13.0. The molecule has 1 saturated heterocycles. The minimum Gasteiger partial charge on any atom is -0.493 e. The highest BCUT2D eigenvalue weighted by Crippen LogP contribution is 2.35. The largest absolute Gasteiger partial charge is 0.493 e. The lowest BCUT2D eigenvalue weighted by atomic mass is 10.1. The molecule has 7 nitrogen and oxygen atoms in total. The summed E-state index contributed by atoms with van der Waals surface area (Å²) in [5.41, 5.74) is 2.69. The number of benzene rings is 3. The molecule has 1 aliphatic heterocycles. The molecule has 0 spiro atoms. The molecular formula is C27H26N2O5S2. The number of methoxy groups -OCH3 is 1. The summed E-state index contributed by atoms with van der Waals surface area (Å²) < 4.78 is 41.0. The zero-order valence-corrected chi connectivity index (χ0v) is 21.8. The van der Waals surface area contributed by atoms with E-state index in [1.807, 2.05) is 43.3 Å². The van der Waals surface area contributed by atoms with Crippen molar-refractivity contribution in [2.24, 2.45) is 4.40 Å². The van der Waals surface area contributed by atoms with Gasteiger partial charge in [0.1, 0.15) is 6.61 Å². The summed E-state index contributed by atoms with van der Waals surface area (Å²) in [6.45, 7) is 4.34. The van der Waals surface area contributed by atoms with E-state index in [4.69, 9.17) is 9.47 Å². The van der Waals surface area contributed by atoms with E-state index in [0.29, 0.717) is 35.1 Å². The van der Waals surface area contributed by atoms with Gasteiger partial charge in [0.2, 0.25) is 0 Å². The number of aryl methyl sites for hydroxylation is 1. The average molecular weight is 523 g/mol. The zero-order valence-electron chi connectivity index (χ0n) is 20.2. The number of amides is 1. The zero-order chi connectivity index (χ0) is 25.7. The molecule has 3 aromatic carbocycles. The summed E-state index contributed by atoms with van der Waals surface area (Å²) in [6.07, 6.45) is 1.69. The normalized spacial score (nSPS) is 16.1. The molecule has 9 heteroatoms. The molecule has 0 bridgehead atoms. The number of hydrogen-bond acceptors (Lipinski definition) is 6. The van der Waals surface area contributed by atoms with Crippen LogP contribution in [0.15, 0.2) is 87.0 Å². The Kier molecular flexibility index (Phi) is 7.81. The number of carbonyl (C=O) groups excluding carboxylic acids is 1. The van der Waals surface area contributed by atoms with E-state index in [9.17, 15) is 13.2 Å². The number of carbonyl (C=O) groups is 1. The minimum atomic E-state index is -3.96. The van der Waals surface area contributed by atoms with Crippen LogP contribution in [0, 0.1) is 6.92 Å². The highest BCUT2D eigenvalue weighted by molar-refractivity contribution is 8.19. The van der Waals surface area contributed by atoms with E-state index >= 15 is 0 Å². The molecule has 0 aromatic heterocycles. The highest BCUT2D eigenvalue weighted by atomic mass is 32.2. The van der Waals surface area contributed by atoms with Gasteiger partial charge in [0.25, 0.3) is 15.9 Å². The number of rotatable bonds is 8. The number of nitrogens with zero attached hydrogens (tertiary/aromatic N) is 2. The van der Waals surface area contributed by atoms with E-state index in [0.717, 1.165) is 22.9 Å². The molecule has 36 heavy (non-hydrogen) atoms. The molecular weight excluding hydrogens is 496 g/mol. The van der Waals surface area contributed by atoms with Crippen LogP contribution in [0.4, 0.5) is 0 Å². The van der Waals surface area contributed by atoms with Crippen molar-refractivity contribution >= 4 is 38.9 Å². The third-order valence-electron chi connectivity index (χ3n) is 5.44. The van der Waals surface area contributed by atoms with E-state index < -0.39 is 10.0 Å². The van der Waals surface area contributed by atoms with Gasteiger partial charge in [0.05, 0.1) is 16.9 Å². The molecule has 186 valence electrons. The summed E-state index contributed by atoms with van der Waals surface area (Å²) >= 11 is 1.03. The topological polar surface area (TPSA) is 85.3 Å². The number of ether oxygens (including phenoxy) is 2. The van der Waals surface area contributed by atoms with Crippen molar-refractivity contribution in [1.29, 1.82) is 0 Å². The number of thioether (sulfide) groups is 1. The Morgan fingerprint density at radius 3 is 2.39 bits per heavy atom. The van der Waals surface area contributed by atoms with Crippen LogP contribution in [0.1, 0.15) is 23.6 Å². The van der Waals surface area contributed by atoms with Gasteiger partial charge >= 0.3 is 0 Å². The van der Waals surface area contributed by atoms with Crippen molar-refractivity contribution in [3.8, 4) is 11.5 Å². The van der Waals surface area contributed by atoms with Gasteiger partial charge in [-0.2, -0.15) is 8.42 Å². The van der Waals surface area contributed by atoms with Crippen molar-refractivity contribution in [2.75, 3.05) is 13.7 Å². The van der Waals surface area contributed by atoms with Crippen LogP contribution in [-0.2, 0) is 21.4 Å². The van der Waals surface area contributed by atoms with Crippen molar-refractivity contribution in [3.05, 3.63) is 94.4 Å². The van der Waals surface area contributed by atoms with E-state index in [2.05, 4.69) is 4.40 Å². The number of hydrogen-bond donors (Lipinski definition) is 0.